The van der Waals surface area contributed by atoms with Crippen LogP contribution < -0.4 is 9.62 Å². The summed E-state index contributed by atoms with van der Waals surface area (Å²) in [5, 5.41) is 0.108. The minimum absolute atomic E-state index is 0.0674. The van der Waals surface area contributed by atoms with Crippen molar-refractivity contribution >= 4 is 44.5 Å². The maximum absolute atomic E-state index is 15.5. The quantitative estimate of drug-likeness (QED) is 0.180. The van der Waals surface area contributed by atoms with Gasteiger partial charge >= 0.3 is 16.3 Å². The average molecular weight is 691 g/mol. The van der Waals surface area contributed by atoms with Crippen molar-refractivity contribution in [3.05, 3.63) is 77.1 Å². The molecule has 16 heteroatoms. The molecule has 1 saturated heterocycles. The number of fused-ring (bicyclic) bond motifs is 1. The summed E-state index contributed by atoms with van der Waals surface area (Å²) >= 11 is 0. The monoisotopic (exact) mass is 690 g/mol. The molecule has 0 spiro atoms. The SMILES string of the molecule is CCN(C)S(=O)(=O)Nc1ccc(F)c(C(=O)c2c[nH]c3ncc(-c4cc(F)c(N5CCN(C(=O)OC(C)(C)C)CC5)c(F)c4)cc23)c1F. The van der Waals surface area contributed by atoms with E-state index in [0.717, 1.165) is 28.6 Å². The van der Waals surface area contributed by atoms with Crippen LogP contribution in [0.1, 0.15) is 43.6 Å². The van der Waals surface area contributed by atoms with E-state index in [1.165, 1.54) is 35.3 Å². The lowest BCUT2D eigenvalue weighted by atomic mass is 9.99. The Morgan fingerprint density at radius 1 is 1.00 bits per heavy atom. The predicted octanol–water partition coefficient (Wildman–Crippen LogP) is 5.68. The molecule has 3 heterocycles. The number of carbonyl (C=O) groups excluding carboxylic acids is 2. The number of halogens is 4. The number of nitrogens with one attached hydrogen (secondary N) is 2. The molecule has 5 rings (SSSR count). The largest absolute Gasteiger partial charge is 0.444 e. The number of ketones is 1. The number of hydrogen-bond donors (Lipinski definition) is 2. The maximum atomic E-state index is 15.5. The fourth-order valence-corrected chi connectivity index (χ4v) is 6.11. The minimum atomic E-state index is -4.19. The van der Waals surface area contributed by atoms with Crippen molar-refractivity contribution in [2.24, 2.45) is 0 Å². The molecule has 2 N–H and O–H groups in total. The van der Waals surface area contributed by atoms with Gasteiger partial charge in [-0.25, -0.2) is 27.3 Å². The van der Waals surface area contributed by atoms with Crippen LogP contribution in [0.15, 0.2) is 42.7 Å². The van der Waals surface area contributed by atoms with E-state index in [1.807, 2.05) is 4.72 Å². The van der Waals surface area contributed by atoms with Crippen molar-refractivity contribution in [2.45, 2.75) is 33.3 Å². The number of benzene rings is 2. The molecule has 0 radical (unpaired) electrons. The summed E-state index contributed by atoms with van der Waals surface area (Å²) < 4.78 is 94.5. The Bertz CT molecular complexity index is 1980. The Kier molecular flexibility index (Phi) is 9.43. The number of pyridine rings is 1. The minimum Gasteiger partial charge on any atom is -0.444 e. The number of carbonyl (C=O) groups is 2. The highest BCUT2D eigenvalue weighted by Gasteiger charge is 2.30. The number of anilines is 2. The summed E-state index contributed by atoms with van der Waals surface area (Å²) in [5.74, 6) is -5.48. The zero-order chi connectivity index (χ0) is 35.1. The van der Waals surface area contributed by atoms with Gasteiger partial charge in [-0.1, -0.05) is 6.92 Å². The van der Waals surface area contributed by atoms with Crippen LogP contribution in [0, 0.1) is 23.3 Å². The Balaban J connectivity index is 1.42. The molecule has 1 amide bonds. The molecule has 0 aliphatic carbocycles. The van der Waals surface area contributed by atoms with Crippen LogP contribution in [-0.2, 0) is 14.9 Å². The van der Waals surface area contributed by atoms with Crippen LogP contribution in [0.2, 0.25) is 0 Å². The van der Waals surface area contributed by atoms with Crippen molar-refractivity contribution in [2.75, 3.05) is 49.4 Å². The molecule has 0 unspecified atom stereocenters. The summed E-state index contributed by atoms with van der Waals surface area (Å²) in [6.07, 6.45) is 2.00. The van der Waals surface area contributed by atoms with Gasteiger partial charge in [0.2, 0.25) is 5.78 Å². The Morgan fingerprint density at radius 3 is 2.25 bits per heavy atom. The summed E-state index contributed by atoms with van der Waals surface area (Å²) in [5.41, 5.74) is -2.33. The van der Waals surface area contributed by atoms with Crippen LogP contribution in [0.3, 0.4) is 0 Å². The summed E-state index contributed by atoms with van der Waals surface area (Å²) in [6, 6.07) is 5.25. The number of rotatable bonds is 8. The number of aromatic nitrogens is 2. The predicted molar refractivity (Wildman–Crippen MR) is 172 cm³/mol. The topological polar surface area (TPSA) is 128 Å². The van der Waals surface area contributed by atoms with Gasteiger partial charge in [0.25, 0.3) is 0 Å². The summed E-state index contributed by atoms with van der Waals surface area (Å²) in [4.78, 5) is 35.8. The third-order valence-electron chi connectivity index (χ3n) is 7.79. The molecule has 48 heavy (non-hydrogen) atoms. The van der Waals surface area contributed by atoms with Crippen LogP contribution in [0.5, 0.6) is 0 Å². The lowest BCUT2D eigenvalue weighted by molar-refractivity contribution is 0.0240. The fraction of sp³-hybridized carbons (Fsp3) is 0.344. The van der Waals surface area contributed by atoms with Crippen LogP contribution in [0.25, 0.3) is 22.2 Å². The average Bonchev–Trinajstić information content (AvgIpc) is 3.44. The maximum Gasteiger partial charge on any atom is 0.410 e. The highest BCUT2D eigenvalue weighted by molar-refractivity contribution is 7.90. The lowest BCUT2D eigenvalue weighted by Crippen LogP contribution is -2.50. The van der Waals surface area contributed by atoms with Gasteiger partial charge in [-0.05, 0) is 56.7 Å². The first-order valence-electron chi connectivity index (χ1n) is 15.0. The second-order valence-electron chi connectivity index (χ2n) is 12.2. The second kappa shape index (κ2) is 13.1. The van der Waals surface area contributed by atoms with E-state index in [0.29, 0.717) is 0 Å². The van der Waals surface area contributed by atoms with E-state index in [-0.39, 0.29) is 66.1 Å². The molecule has 1 fully saturated rings. The van der Waals surface area contributed by atoms with E-state index in [4.69, 9.17) is 4.74 Å². The molecule has 0 atom stereocenters. The zero-order valence-corrected chi connectivity index (χ0v) is 27.6. The lowest BCUT2D eigenvalue weighted by Gasteiger charge is -2.37. The van der Waals surface area contributed by atoms with Gasteiger partial charge in [0.15, 0.2) is 5.82 Å². The fourth-order valence-electron chi connectivity index (χ4n) is 5.18. The first-order valence-corrected chi connectivity index (χ1v) is 16.4. The number of H-pyrrole nitrogens is 1. The number of hydrogen-bond acceptors (Lipinski definition) is 7. The normalized spacial score (nSPS) is 14.1. The van der Waals surface area contributed by atoms with Crippen molar-refractivity contribution in [1.29, 1.82) is 0 Å². The van der Waals surface area contributed by atoms with Gasteiger partial charge in [-0.15, -0.1) is 0 Å². The van der Waals surface area contributed by atoms with Crippen molar-refractivity contribution in [1.82, 2.24) is 19.2 Å². The molecule has 1 aliphatic heterocycles. The zero-order valence-electron chi connectivity index (χ0n) is 26.8. The van der Waals surface area contributed by atoms with Crippen LogP contribution >= 0.6 is 0 Å². The van der Waals surface area contributed by atoms with Gasteiger partial charge in [-0.2, -0.15) is 12.7 Å². The van der Waals surface area contributed by atoms with E-state index in [1.54, 1.807) is 27.7 Å². The Morgan fingerprint density at radius 2 is 1.65 bits per heavy atom. The molecule has 2 aromatic heterocycles. The number of ether oxygens (including phenoxy) is 1. The molecule has 1 aliphatic rings. The molecule has 4 aromatic rings. The first kappa shape index (κ1) is 34.6. The van der Waals surface area contributed by atoms with E-state index >= 15 is 13.2 Å². The van der Waals surface area contributed by atoms with Crippen molar-refractivity contribution < 1.29 is 40.3 Å². The number of aromatic amines is 1. The van der Waals surface area contributed by atoms with Crippen LogP contribution in [0.4, 0.5) is 33.7 Å². The highest BCUT2D eigenvalue weighted by atomic mass is 32.2. The van der Waals surface area contributed by atoms with Gasteiger partial charge in [0.1, 0.15) is 34.4 Å². The molecule has 2 aromatic carbocycles. The third-order valence-corrected chi connectivity index (χ3v) is 9.34. The molecular weight excluding hydrogens is 656 g/mol. The number of amides is 1. The van der Waals surface area contributed by atoms with Gasteiger partial charge in [0, 0.05) is 68.7 Å². The molecular formula is C32H34F4N6O5S. The van der Waals surface area contributed by atoms with Crippen LogP contribution in [-0.4, -0.2) is 84.8 Å². The van der Waals surface area contributed by atoms with Gasteiger partial charge in [-0.3, -0.25) is 9.52 Å². The standard InChI is InChI=1S/C32H34F4N6O5S/c1-6-40(5)48(45,46)39-25-8-7-22(33)26(27(25)36)29(43)21-17-38-30-20(21)13-19(16-37-30)18-14-23(34)28(24(35)15-18)41-9-11-42(12-10-41)31(44)47-32(2,3)4/h7-8,13-17,39H,6,9-12H2,1-5H3,(H,37,38). The Labute approximate surface area is 274 Å². The van der Waals surface area contributed by atoms with E-state index in [2.05, 4.69) is 9.97 Å². The smallest absolute Gasteiger partial charge is 0.410 e. The number of piperazine rings is 1. The van der Waals surface area contributed by atoms with Gasteiger partial charge in [0.05, 0.1) is 11.3 Å². The summed E-state index contributed by atoms with van der Waals surface area (Å²) in [7, 11) is -2.93. The van der Waals surface area contributed by atoms with E-state index in [9.17, 15) is 22.4 Å². The Hall–Kier alpha value is -4.70. The molecule has 256 valence electrons. The highest BCUT2D eigenvalue weighted by Crippen LogP contribution is 2.33. The van der Waals surface area contributed by atoms with E-state index < -0.39 is 62.2 Å². The van der Waals surface area contributed by atoms with Gasteiger partial charge < -0.3 is 19.5 Å². The molecule has 11 nitrogen and oxygen atoms in total. The second-order valence-corrected chi connectivity index (χ2v) is 14.0. The van der Waals surface area contributed by atoms with Crippen molar-refractivity contribution in [3.63, 3.8) is 0 Å². The first-order chi connectivity index (χ1) is 22.5. The van der Waals surface area contributed by atoms with Crippen molar-refractivity contribution in [3.8, 4) is 11.1 Å². The number of nitrogens with zero attached hydrogens (tertiary/aromatic N) is 4. The summed E-state index contributed by atoms with van der Waals surface area (Å²) in [6.45, 7) is 7.60. The molecule has 0 bridgehead atoms. The molecule has 0 saturated carbocycles. The third kappa shape index (κ3) is 6.94.